The highest BCUT2D eigenvalue weighted by Crippen LogP contribution is 2.12. The van der Waals surface area contributed by atoms with Crippen molar-refractivity contribution in [3.8, 4) is 0 Å². The minimum Gasteiger partial charge on any atom is -0.444 e. The normalized spacial score (nSPS) is 22.0. The number of amides is 1. The number of nitrogens with one attached hydrogen (secondary N) is 1. The number of hydrogen-bond donors (Lipinski definition) is 2. The third-order valence-electron chi connectivity index (χ3n) is 2.29. The maximum Gasteiger partial charge on any atom is 0.408 e. The van der Waals surface area contributed by atoms with Crippen LogP contribution in [0, 0.1) is 0 Å². The number of carbonyl (C=O) groups excluding carboxylic acids is 1. The van der Waals surface area contributed by atoms with Crippen molar-refractivity contribution in [3.05, 3.63) is 12.2 Å². The van der Waals surface area contributed by atoms with Gasteiger partial charge in [0.05, 0.1) is 25.4 Å². The molecule has 0 aromatic carbocycles. The van der Waals surface area contributed by atoms with E-state index in [2.05, 4.69) is 5.32 Å². The largest absolute Gasteiger partial charge is 0.444 e. The van der Waals surface area contributed by atoms with Crippen molar-refractivity contribution in [2.75, 3.05) is 13.2 Å². The smallest absolute Gasteiger partial charge is 0.408 e. The first-order chi connectivity index (χ1) is 7.92. The zero-order valence-electron chi connectivity index (χ0n) is 10.6. The van der Waals surface area contributed by atoms with Gasteiger partial charge in [-0.05, 0) is 27.2 Å². The van der Waals surface area contributed by atoms with E-state index in [1.54, 1.807) is 20.8 Å². The molecule has 1 rings (SSSR count). The summed E-state index contributed by atoms with van der Waals surface area (Å²) in [6.07, 6.45) is 3.85. The maximum absolute atomic E-state index is 11.6. The van der Waals surface area contributed by atoms with Crippen LogP contribution in [0.25, 0.3) is 0 Å². The number of aliphatic hydroxyl groups is 1. The number of carbonyl (C=O) groups is 1. The topological polar surface area (TPSA) is 67.8 Å². The van der Waals surface area contributed by atoms with Crippen LogP contribution in [0.3, 0.4) is 0 Å². The minimum atomic E-state index is -0.544. The number of aliphatic hydroxyl groups excluding tert-OH is 1. The number of ether oxygens (including phenoxy) is 2. The molecule has 2 atom stereocenters. The van der Waals surface area contributed by atoms with Gasteiger partial charge in [0.2, 0.25) is 0 Å². The summed E-state index contributed by atoms with van der Waals surface area (Å²) < 4.78 is 10.6. The molecule has 1 amide bonds. The highest BCUT2D eigenvalue weighted by atomic mass is 16.6. The van der Waals surface area contributed by atoms with E-state index in [9.17, 15) is 9.90 Å². The molecule has 0 aromatic heterocycles. The summed E-state index contributed by atoms with van der Waals surface area (Å²) in [7, 11) is 0. The van der Waals surface area contributed by atoms with E-state index in [1.807, 2.05) is 12.2 Å². The quantitative estimate of drug-likeness (QED) is 0.731. The fourth-order valence-electron chi connectivity index (χ4n) is 1.54. The van der Waals surface area contributed by atoms with Gasteiger partial charge in [-0.25, -0.2) is 4.79 Å². The average molecular weight is 243 g/mol. The molecule has 0 aromatic rings. The molecule has 0 saturated heterocycles. The standard InChI is InChI=1S/C12H21NO4/c1-12(2,3)17-11(15)13-9(8-14)10-6-4-5-7-16-10/h4-5,9-10,14H,6-8H2,1-3H3,(H,13,15)/t9-,10+/m0/s1. The second-order valence-electron chi connectivity index (χ2n) is 5.01. The minimum absolute atomic E-state index is 0.169. The van der Waals surface area contributed by atoms with Gasteiger partial charge in [-0.2, -0.15) is 0 Å². The summed E-state index contributed by atoms with van der Waals surface area (Å²) in [6.45, 7) is 5.72. The van der Waals surface area contributed by atoms with Crippen LogP contribution >= 0.6 is 0 Å². The average Bonchev–Trinajstić information content (AvgIpc) is 2.24. The van der Waals surface area contributed by atoms with Crippen molar-refractivity contribution in [2.45, 2.75) is 44.9 Å². The highest BCUT2D eigenvalue weighted by Gasteiger charge is 2.26. The lowest BCUT2D eigenvalue weighted by molar-refractivity contribution is 0.00838. The van der Waals surface area contributed by atoms with Crippen molar-refractivity contribution < 1.29 is 19.4 Å². The second-order valence-corrected chi connectivity index (χ2v) is 5.01. The van der Waals surface area contributed by atoms with Crippen LogP contribution in [-0.2, 0) is 9.47 Å². The number of hydrogen-bond acceptors (Lipinski definition) is 4. The molecule has 0 aliphatic carbocycles. The Morgan fingerprint density at radius 1 is 1.59 bits per heavy atom. The Bertz CT molecular complexity index is 283. The first kappa shape index (κ1) is 14.0. The first-order valence-electron chi connectivity index (χ1n) is 5.79. The second kappa shape index (κ2) is 6.02. The van der Waals surface area contributed by atoms with E-state index in [4.69, 9.17) is 9.47 Å². The zero-order valence-corrected chi connectivity index (χ0v) is 10.6. The first-order valence-corrected chi connectivity index (χ1v) is 5.79. The van der Waals surface area contributed by atoms with Crippen LogP contribution in [0.15, 0.2) is 12.2 Å². The monoisotopic (exact) mass is 243 g/mol. The van der Waals surface area contributed by atoms with Gasteiger partial charge < -0.3 is 19.9 Å². The Kier molecular flexibility index (Phi) is 4.96. The van der Waals surface area contributed by atoms with Crippen LogP contribution < -0.4 is 5.32 Å². The summed E-state index contributed by atoms with van der Waals surface area (Å²) >= 11 is 0. The molecule has 1 heterocycles. The van der Waals surface area contributed by atoms with Gasteiger partial charge in [-0.1, -0.05) is 12.2 Å². The lowest BCUT2D eigenvalue weighted by Gasteiger charge is -2.28. The molecule has 0 unspecified atom stereocenters. The molecule has 0 fully saturated rings. The van der Waals surface area contributed by atoms with Crippen LogP contribution in [0.4, 0.5) is 4.79 Å². The summed E-state index contributed by atoms with van der Waals surface area (Å²) in [5, 5.41) is 11.9. The van der Waals surface area contributed by atoms with E-state index in [0.29, 0.717) is 13.0 Å². The number of alkyl carbamates (subject to hydrolysis) is 1. The van der Waals surface area contributed by atoms with Crippen LogP contribution in [0.2, 0.25) is 0 Å². The third-order valence-corrected chi connectivity index (χ3v) is 2.29. The van der Waals surface area contributed by atoms with Crippen LogP contribution in [-0.4, -0.2) is 42.2 Å². The van der Waals surface area contributed by atoms with Crippen molar-refractivity contribution in [3.63, 3.8) is 0 Å². The molecule has 1 aliphatic rings. The van der Waals surface area contributed by atoms with E-state index in [-0.39, 0.29) is 12.7 Å². The molecule has 0 saturated carbocycles. The molecule has 2 N–H and O–H groups in total. The molecule has 17 heavy (non-hydrogen) atoms. The Balaban J connectivity index is 2.46. The zero-order chi connectivity index (χ0) is 12.9. The van der Waals surface area contributed by atoms with Gasteiger partial charge in [-0.3, -0.25) is 0 Å². The molecule has 5 nitrogen and oxygen atoms in total. The SMILES string of the molecule is CC(C)(C)OC(=O)N[C@@H](CO)[C@H]1CC=CCO1. The lowest BCUT2D eigenvalue weighted by Crippen LogP contribution is -2.48. The molecule has 5 heteroatoms. The Morgan fingerprint density at radius 2 is 2.29 bits per heavy atom. The Morgan fingerprint density at radius 3 is 2.76 bits per heavy atom. The summed E-state index contributed by atoms with van der Waals surface area (Å²) in [6, 6.07) is -0.435. The summed E-state index contributed by atoms with van der Waals surface area (Å²) in [4.78, 5) is 11.6. The van der Waals surface area contributed by atoms with E-state index in [1.165, 1.54) is 0 Å². The van der Waals surface area contributed by atoms with Crippen LogP contribution in [0.1, 0.15) is 27.2 Å². The number of rotatable bonds is 3. The lowest BCUT2D eigenvalue weighted by atomic mass is 10.1. The Labute approximate surface area is 102 Å². The molecule has 1 aliphatic heterocycles. The van der Waals surface area contributed by atoms with Gasteiger partial charge in [0.15, 0.2) is 0 Å². The van der Waals surface area contributed by atoms with E-state index >= 15 is 0 Å². The summed E-state index contributed by atoms with van der Waals surface area (Å²) in [5.74, 6) is 0. The van der Waals surface area contributed by atoms with Gasteiger partial charge in [-0.15, -0.1) is 0 Å². The van der Waals surface area contributed by atoms with Gasteiger partial charge in [0.1, 0.15) is 5.60 Å². The molecule has 98 valence electrons. The maximum atomic E-state index is 11.6. The van der Waals surface area contributed by atoms with Crippen molar-refractivity contribution in [1.82, 2.24) is 5.32 Å². The van der Waals surface area contributed by atoms with E-state index in [0.717, 1.165) is 0 Å². The highest BCUT2D eigenvalue weighted by molar-refractivity contribution is 5.68. The van der Waals surface area contributed by atoms with Crippen molar-refractivity contribution in [1.29, 1.82) is 0 Å². The molecule has 0 bridgehead atoms. The van der Waals surface area contributed by atoms with Gasteiger partial charge in [0.25, 0.3) is 0 Å². The Hall–Kier alpha value is -1.07. The predicted molar refractivity (Wildman–Crippen MR) is 63.7 cm³/mol. The summed E-state index contributed by atoms with van der Waals surface area (Å²) in [5.41, 5.74) is -0.544. The van der Waals surface area contributed by atoms with E-state index < -0.39 is 17.7 Å². The molecule has 0 spiro atoms. The molecular formula is C12H21NO4. The third kappa shape index (κ3) is 5.19. The molecule has 0 radical (unpaired) electrons. The van der Waals surface area contributed by atoms with Crippen molar-refractivity contribution >= 4 is 6.09 Å². The fraction of sp³-hybridized carbons (Fsp3) is 0.750. The molecular weight excluding hydrogens is 222 g/mol. The van der Waals surface area contributed by atoms with Crippen molar-refractivity contribution in [2.24, 2.45) is 0 Å². The predicted octanol–water partition coefficient (Wildman–Crippen LogP) is 1.22. The van der Waals surface area contributed by atoms with Crippen LogP contribution in [0.5, 0.6) is 0 Å². The van der Waals surface area contributed by atoms with Gasteiger partial charge in [0, 0.05) is 0 Å². The van der Waals surface area contributed by atoms with Gasteiger partial charge >= 0.3 is 6.09 Å². The fourth-order valence-corrected chi connectivity index (χ4v) is 1.54.